The van der Waals surface area contributed by atoms with Gasteiger partial charge in [-0.2, -0.15) is 0 Å². The van der Waals surface area contributed by atoms with Crippen LogP contribution in [0.15, 0.2) is 11.8 Å². The van der Waals surface area contributed by atoms with Crippen molar-refractivity contribution in [3.05, 3.63) is 11.8 Å². The van der Waals surface area contributed by atoms with Gasteiger partial charge in [-0.25, -0.2) is 4.79 Å². The molecule has 2 saturated heterocycles. The van der Waals surface area contributed by atoms with E-state index in [0.29, 0.717) is 12.2 Å². The molecule has 0 N–H and O–H groups in total. The number of hydrogen-bond donors (Lipinski definition) is 0. The van der Waals surface area contributed by atoms with E-state index in [9.17, 15) is 4.79 Å². The molecule has 3 aliphatic heterocycles. The van der Waals surface area contributed by atoms with Crippen LogP contribution in [0.4, 0.5) is 0 Å². The summed E-state index contributed by atoms with van der Waals surface area (Å²) in [4.78, 5) is 11.0. The van der Waals surface area contributed by atoms with E-state index in [1.807, 2.05) is 20.8 Å². The van der Waals surface area contributed by atoms with Gasteiger partial charge in [0.1, 0.15) is 18.0 Å². The number of esters is 1. The zero-order chi connectivity index (χ0) is 12.2. The minimum Gasteiger partial charge on any atom is -0.488 e. The van der Waals surface area contributed by atoms with Gasteiger partial charge in [0, 0.05) is 6.42 Å². The SMILES string of the molecule is C[C@H]1OC(C)(C)O[C@H]1C1C[C@@H]2OC(=O)C=C2O1. The molecule has 0 bridgehead atoms. The largest absolute Gasteiger partial charge is 0.488 e. The highest BCUT2D eigenvalue weighted by Gasteiger charge is 2.49. The van der Waals surface area contributed by atoms with Crippen molar-refractivity contribution in [3.8, 4) is 0 Å². The third-order valence-corrected chi connectivity index (χ3v) is 3.29. The van der Waals surface area contributed by atoms with Gasteiger partial charge in [0.2, 0.25) is 0 Å². The van der Waals surface area contributed by atoms with Gasteiger partial charge in [0.15, 0.2) is 11.9 Å². The highest BCUT2D eigenvalue weighted by atomic mass is 16.8. The summed E-state index contributed by atoms with van der Waals surface area (Å²) < 4.78 is 22.3. The number of fused-ring (bicyclic) bond motifs is 1. The van der Waals surface area contributed by atoms with Crippen LogP contribution in [0, 0.1) is 0 Å². The van der Waals surface area contributed by atoms with E-state index in [0.717, 1.165) is 0 Å². The van der Waals surface area contributed by atoms with E-state index in [4.69, 9.17) is 18.9 Å². The summed E-state index contributed by atoms with van der Waals surface area (Å²) in [6.45, 7) is 5.74. The lowest BCUT2D eigenvalue weighted by Gasteiger charge is -2.21. The minimum atomic E-state index is -0.573. The van der Waals surface area contributed by atoms with Crippen molar-refractivity contribution in [3.63, 3.8) is 0 Å². The first-order valence-corrected chi connectivity index (χ1v) is 5.89. The zero-order valence-electron chi connectivity index (χ0n) is 10.1. The van der Waals surface area contributed by atoms with Gasteiger partial charge in [-0.05, 0) is 20.8 Å². The Morgan fingerprint density at radius 2 is 2.06 bits per heavy atom. The number of rotatable bonds is 1. The predicted molar refractivity (Wildman–Crippen MR) is 57.0 cm³/mol. The lowest BCUT2D eigenvalue weighted by molar-refractivity contribution is -0.154. The van der Waals surface area contributed by atoms with Crippen LogP contribution in [0.1, 0.15) is 27.2 Å². The average molecular weight is 240 g/mol. The normalized spacial score (nSPS) is 43.0. The van der Waals surface area contributed by atoms with Gasteiger partial charge < -0.3 is 18.9 Å². The highest BCUT2D eigenvalue weighted by molar-refractivity contribution is 5.85. The number of carbonyl (C=O) groups excluding carboxylic acids is 1. The lowest BCUT2D eigenvalue weighted by Crippen LogP contribution is -2.34. The Morgan fingerprint density at radius 1 is 1.29 bits per heavy atom. The fraction of sp³-hybridized carbons (Fsp3) is 0.750. The summed E-state index contributed by atoms with van der Waals surface area (Å²) in [5.41, 5.74) is 0. The van der Waals surface area contributed by atoms with E-state index in [1.165, 1.54) is 6.08 Å². The van der Waals surface area contributed by atoms with E-state index in [2.05, 4.69) is 0 Å². The molecule has 0 aromatic carbocycles. The van der Waals surface area contributed by atoms with Crippen LogP contribution in [0.3, 0.4) is 0 Å². The summed E-state index contributed by atoms with van der Waals surface area (Å²) in [6, 6.07) is 0. The fourth-order valence-electron chi connectivity index (χ4n) is 2.69. The number of hydrogen-bond acceptors (Lipinski definition) is 5. The molecule has 3 aliphatic rings. The molecule has 94 valence electrons. The topological polar surface area (TPSA) is 54.0 Å². The van der Waals surface area contributed by atoms with Crippen molar-refractivity contribution in [2.24, 2.45) is 0 Å². The van der Waals surface area contributed by atoms with Gasteiger partial charge in [-0.15, -0.1) is 0 Å². The monoisotopic (exact) mass is 240 g/mol. The summed E-state index contributed by atoms with van der Waals surface area (Å²) in [5, 5.41) is 0. The first-order chi connectivity index (χ1) is 7.94. The zero-order valence-corrected chi connectivity index (χ0v) is 10.1. The smallest absolute Gasteiger partial charge is 0.335 e. The Bertz CT molecular complexity index is 386. The van der Waals surface area contributed by atoms with E-state index < -0.39 is 5.79 Å². The van der Waals surface area contributed by atoms with E-state index in [1.54, 1.807) is 0 Å². The highest BCUT2D eigenvalue weighted by Crippen LogP contribution is 2.38. The second kappa shape index (κ2) is 3.46. The van der Waals surface area contributed by atoms with Gasteiger partial charge in [-0.3, -0.25) is 0 Å². The Labute approximate surface area is 99.7 Å². The second-order valence-corrected chi connectivity index (χ2v) is 5.17. The quantitative estimate of drug-likeness (QED) is 0.643. The number of ether oxygens (including phenoxy) is 4. The molecule has 17 heavy (non-hydrogen) atoms. The van der Waals surface area contributed by atoms with Crippen molar-refractivity contribution < 1.29 is 23.7 Å². The first-order valence-electron chi connectivity index (χ1n) is 5.89. The Balaban J connectivity index is 1.72. The Kier molecular flexibility index (Phi) is 2.25. The Morgan fingerprint density at radius 3 is 2.65 bits per heavy atom. The first kappa shape index (κ1) is 11.0. The molecule has 5 heteroatoms. The van der Waals surface area contributed by atoms with Crippen molar-refractivity contribution in [1.82, 2.24) is 0 Å². The summed E-state index contributed by atoms with van der Waals surface area (Å²) >= 11 is 0. The molecule has 0 amide bonds. The molecule has 5 nitrogen and oxygen atoms in total. The lowest BCUT2D eigenvalue weighted by atomic mass is 10.1. The van der Waals surface area contributed by atoms with Crippen molar-refractivity contribution in [1.29, 1.82) is 0 Å². The molecule has 1 unspecified atom stereocenters. The molecule has 3 rings (SSSR count). The van der Waals surface area contributed by atoms with Crippen LogP contribution >= 0.6 is 0 Å². The van der Waals surface area contributed by atoms with Gasteiger partial charge >= 0.3 is 5.97 Å². The third kappa shape index (κ3) is 1.83. The Hall–Kier alpha value is -1.07. The van der Waals surface area contributed by atoms with Crippen molar-refractivity contribution in [2.45, 2.75) is 57.4 Å². The van der Waals surface area contributed by atoms with E-state index in [-0.39, 0.29) is 30.4 Å². The summed E-state index contributed by atoms with van der Waals surface area (Å²) in [7, 11) is 0. The molecule has 0 saturated carbocycles. The van der Waals surface area contributed by atoms with Gasteiger partial charge in [-0.1, -0.05) is 0 Å². The maximum atomic E-state index is 11.0. The standard InChI is InChI=1S/C12H16O5/c1-6-11(17-12(2,3)16-6)9-4-7-8(14-9)5-10(13)15-7/h5-7,9,11H,4H2,1-3H3/t6-,7+,9?,11-/m1/s1. The molecular weight excluding hydrogens is 224 g/mol. The third-order valence-electron chi connectivity index (χ3n) is 3.29. The molecule has 0 spiro atoms. The van der Waals surface area contributed by atoms with Crippen LogP contribution in [0.5, 0.6) is 0 Å². The summed E-state index contributed by atoms with van der Waals surface area (Å²) in [6.07, 6.45) is 1.59. The van der Waals surface area contributed by atoms with E-state index >= 15 is 0 Å². The molecular formula is C12H16O5. The van der Waals surface area contributed by atoms with Crippen LogP contribution in [0.2, 0.25) is 0 Å². The van der Waals surface area contributed by atoms with Crippen molar-refractivity contribution >= 4 is 5.97 Å². The fourth-order valence-corrected chi connectivity index (χ4v) is 2.69. The minimum absolute atomic E-state index is 0.0230. The van der Waals surface area contributed by atoms with Crippen LogP contribution in [-0.2, 0) is 23.7 Å². The second-order valence-electron chi connectivity index (χ2n) is 5.17. The maximum absolute atomic E-state index is 11.0. The molecule has 0 aromatic heterocycles. The summed E-state index contributed by atoms with van der Waals surface area (Å²) in [5.74, 6) is -0.267. The predicted octanol–water partition coefficient (Wildman–Crippen LogP) is 1.12. The number of carbonyl (C=O) groups is 1. The molecule has 3 heterocycles. The van der Waals surface area contributed by atoms with Crippen LogP contribution < -0.4 is 0 Å². The van der Waals surface area contributed by atoms with Gasteiger partial charge in [0.25, 0.3) is 0 Å². The molecule has 0 aromatic rings. The van der Waals surface area contributed by atoms with Gasteiger partial charge in [0.05, 0.1) is 12.2 Å². The maximum Gasteiger partial charge on any atom is 0.335 e. The molecule has 4 atom stereocenters. The average Bonchev–Trinajstić information content (AvgIpc) is 2.76. The molecule has 2 fully saturated rings. The van der Waals surface area contributed by atoms with Crippen LogP contribution in [-0.4, -0.2) is 36.2 Å². The van der Waals surface area contributed by atoms with Crippen LogP contribution in [0.25, 0.3) is 0 Å². The van der Waals surface area contributed by atoms with Crippen molar-refractivity contribution in [2.75, 3.05) is 0 Å². The molecule has 0 aliphatic carbocycles. The molecule has 0 radical (unpaired) electrons.